The van der Waals surface area contributed by atoms with E-state index in [4.69, 9.17) is 9.84 Å². The molecule has 7 nitrogen and oxygen atoms in total. The van der Waals surface area contributed by atoms with E-state index in [0.717, 1.165) is 5.56 Å². The smallest absolute Gasteiger partial charge is 0.307 e. The summed E-state index contributed by atoms with van der Waals surface area (Å²) in [5, 5.41) is 8.99. The number of benzene rings is 1. The van der Waals surface area contributed by atoms with Crippen LogP contribution in [0.25, 0.3) is 0 Å². The first-order valence-corrected chi connectivity index (χ1v) is 7.95. The Balaban J connectivity index is 2.34. The lowest BCUT2D eigenvalue weighted by Gasteiger charge is -2.34. The predicted octanol–water partition coefficient (Wildman–Crippen LogP) is 1.43. The summed E-state index contributed by atoms with van der Waals surface area (Å²) < 4.78 is 5.56. The number of hydrogen-bond acceptors (Lipinski definition) is 4. The Morgan fingerprint density at radius 2 is 1.96 bits per heavy atom. The van der Waals surface area contributed by atoms with Gasteiger partial charge in [-0.25, -0.2) is 0 Å². The largest absolute Gasteiger partial charge is 0.481 e. The van der Waals surface area contributed by atoms with Gasteiger partial charge in [-0.05, 0) is 38.5 Å². The van der Waals surface area contributed by atoms with Gasteiger partial charge < -0.3 is 14.7 Å². The van der Waals surface area contributed by atoms with Gasteiger partial charge in [0, 0.05) is 13.1 Å². The van der Waals surface area contributed by atoms with E-state index < -0.39 is 24.4 Å². The van der Waals surface area contributed by atoms with Crippen molar-refractivity contribution in [3.8, 4) is 5.75 Å². The number of aryl methyl sites for hydroxylation is 1. The fourth-order valence-electron chi connectivity index (χ4n) is 2.70. The molecule has 2 amide bonds. The van der Waals surface area contributed by atoms with E-state index in [1.54, 1.807) is 17.0 Å². The Bertz CT molecular complexity index is 654. The molecule has 1 aromatic rings. The second kappa shape index (κ2) is 7.33. The topological polar surface area (TPSA) is 87.2 Å². The molecular weight excluding hydrogens is 312 g/mol. The molecule has 1 aliphatic heterocycles. The van der Waals surface area contributed by atoms with Gasteiger partial charge in [-0.1, -0.05) is 6.07 Å². The first kappa shape index (κ1) is 17.8. The van der Waals surface area contributed by atoms with Gasteiger partial charge in [-0.3, -0.25) is 19.3 Å². The molecule has 1 aliphatic rings. The van der Waals surface area contributed by atoms with Crippen molar-refractivity contribution in [1.29, 1.82) is 0 Å². The standard InChI is InChI=1S/C17H22N2O5/c1-4-18(5-2)15(20)10-19-12-7-6-11(3)8-13(12)24-14(17(19)23)9-16(21)22/h6-8,14H,4-5,9-10H2,1-3H3,(H,21,22). The zero-order valence-electron chi connectivity index (χ0n) is 14.1. The second-order valence-corrected chi connectivity index (χ2v) is 5.67. The molecular formula is C17H22N2O5. The number of carbonyl (C=O) groups excluding carboxylic acids is 2. The molecule has 0 bridgehead atoms. The minimum absolute atomic E-state index is 0.129. The summed E-state index contributed by atoms with van der Waals surface area (Å²) in [5.74, 6) is -1.39. The molecule has 130 valence electrons. The van der Waals surface area contributed by atoms with Gasteiger partial charge in [-0.15, -0.1) is 0 Å². The summed E-state index contributed by atoms with van der Waals surface area (Å²) in [5.41, 5.74) is 1.42. The van der Waals surface area contributed by atoms with Crippen molar-refractivity contribution in [2.45, 2.75) is 33.3 Å². The molecule has 24 heavy (non-hydrogen) atoms. The van der Waals surface area contributed by atoms with Gasteiger partial charge in [0.15, 0.2) is 6.10 Å². The number of amides is 2. The quantitative estimate of drug-likeness (QED) is 0.850. The minimum Gasteiger partial charge on any atom is -0.481 e. The number of fused-ring (bicyclic) bond motifs is 1. The summed E-state index contributed by atoms with van der Waals surface area (Å²) in [6.07, 6.45) is -1.57. The van der Waals surface area contributed by atoms with Crippen LogP contribution in [0.2, 0.25) is 0 Å². The molecule has 0 saturated heterocycles. The maximum absolute atomic E-state index is 12.6. The number of aliphatic carboxylic acids is 1. The first-order valence-electron chi connectivity index (χ1n) is 7.95. The average Bonchev–Trinajstić information content (AvgIpc) is 2.52. The van der Waals surface area contributed by atoms with E-state index in [2.05, 4.69) is 0 Å². The maximum Gasteiger partial charge on any atom is 0.307 e. The summed E-state index contributed by atoms with van der Waals surface area (Å²) in [6, 6.07) is 5.28. The molecule has 0 saturated carbocycles. The van der Waals surface area contributed by atoms with E-state index in [9.17, 15) is 14.4 Å². The average molecular weight is 334 g/mol. The van der Waals surface area contributed by atoms with Gasteiger partial charge >= 0.3 is 5.97 Å². The van der Waals surface area contributed by atoms with Crippen LogP contribution in [0, 0.1) is 6.92 Å². The number of rotatable bonds is 6. The Labute approximate surface area is 140 Å². The van der Waals surface area contributed by atoms with Crippen LogP contribution in [0.5, 0.6) is 5.75 Å². The van der Waals surface area contributed by atoms with Crippen molar-refractivity contribution in [2.75, 3.05) is 24.5 Å². The summed E-state index contributed by atoms with van der Waals surface area (Å²) in [4.78, 5) is 39.0. The third kappa shape index (κ3) is 3.67. The third-order valence-corrected chi connectivity index (χ3v) is 3.99. The fraction of sp³-hybridized carbons (Fsp3) is 0.471. The van der Waals surface area contributed by atoms with Gasteiger partial charge in [0.2, 0.25) is 5.91 Å². The Kier molecular flexibility index (Phi) is 5.43. The van der Waals surface area contributed by atoms with E-state index >= 15 is 0 Å². The molecule has 1 N–H and O–H groups in total. The number of carbonyl (C=O) groups is 3. The van der Waals surface area contributed by atoms with Crippen molar-refractivity contribution < 1.29 is 24.2 Å². The van der Waals surface area contributed by atoms with Crippen molar-refractivity contribution in [3.63, 3.8) is 0 Å². The van der Waals surface area contributed by atoms with Crippen LogP contribution in [-0.4, -0.2) is 53.5 Å². The third-order valence-electron chi connectivity index (χ3n) is 3.99. The number of anilines is 1. The molecule has 1 unspecified atom stereocenters. The molecule has 0 radical (unpaired) electrons. The summed E-state index contributed by atoms with van der Waals surface area (Å²) in [6.45, 7) is 6.58. The molecule has 1 atom stereocenters. The van der Waals surface area contributed by atoms with Gasteiger partial charge in [0.05, 0.1) is 12.1 Å². The molecule has 1 heterocycles. The van der Waals surface area contributed by atoms with Crippen LogP contribution in [0.1, 0.15) is 25.8 Å². The highest BCUT2D eigenvalue weighted by Gasteiger charge is 2.37. The zero-order valence-corrected chi connectivity index (χ0v) is 14.1. The van der Waals surface area contributed by atoms with Crippen molar-refractivity contribution in [3.05, 3.63) is 23.8 Å². The van der Waals surface area contributed by atoms with Crippen LogP contribution in [0.4, 0.5) is 5.69 Å². The second-order valence-electron chi connectivity index (χ2n) is 5.67. The van der Waals surface area contributed by atoms with Crippen LogP contribution in [0.3, 0.4) is 0 Å². The number of nitrogens with zero attached hydrogens (tertiary/aromatic N) is 2. The minimum atomic E-state index is -1.13. The number of carboxylic acids is 1. The van der Waals surface area contributed by atoms with Crippen LogP contribution < -0.4 is 9.64 Å². The number of hydrogen-bond donors (Lipinski definition) is 1. The zero-order chi connectivity index (χ0) is 17.9. The van der Waals surface area contributed by atoms with Gasteiger partial charge in [0.1, 0.15) is 12.3 Å². The molecule has 1 aromatic carbocycles. The lowest BCUT2D eigenvalue weighted by molar-refractivity contribution is -0.142. The monoisotopic (exact) mass is 334 g/mol. The SMILES string of the molecule is CCN(CC)C(=O)CN1C(=O)C(CC(=O)O)Oc2cc(C)ccc21. The predicted molar refractivity (Wildman–Crippen MR) is 88.1 cm³/mol. The molecule has 0 spiro atoms. The molecule has 2 rings (SSSR count). The lowest BCUT2D eigenvalue weighted by atomic mass is 10.1. The Hall–Kier alpha value is -2.57. The van der Waals surface area contributed by atoms with E-state index in [1.165, 1.54) is 4.90 Å². The Morgan fingerprint density at radius 3 is 2.54 bits per heavy atom. The summed E-state index contributed by atoms with van der Waals surface area (Å²) >= 11 is 0. The van der Waals surface area contributed by atoms with Gasteiger partial charge in [0.25, 0.3) is 5.91 Å². The van der Waals surface area contributed by atoms with E-state index in [1.807, 2.05) is 26.8 Å². The van der Waals surface area contributed by atoms with Crippen molar-refractivity contribution >= 4 is 23.5 Å². The van der Waals surface area contributed by atoms with Crippen LogP contribution >= 0.6 is 0 Å². The highest BCUT2D eigenvalue weighted by molar-refractivity contribution is 6.05. The van der Waals surface area contributed by atoms with Crippen molar-refractivity contribution in [1.82, 2.24) is 4.90 Å². The normalized spacial score (nSPS) is 16.4. The highest BCUT2D eigenvalue weighted by atomic mass is 16.5. The summed E-state index contributed by atoms with van der Waals surface area (Å²) in [7, 11) is 0. The number of ether oxygens (including phenoxy) is 1. The maximum atomic E-state index is 12.6. The van der Waals surface area contributed by atoms with Crippen molar-refractivity contribution in [2.24, 2.45) is 0 Å². The lowest BCUT2D eigenvalue weighted by Crippen LogP contribution is -2.51. The van der Waals surface area contributed by atoms with Crippen LogP contribution in [0.15, 0.2) is 18.2 Å². The fourth-order valence-corrected chi connectivity index (χ4v) is 2.70. The van der Waals surface area contributed by atoms with Crippen LogP contribution in [-0.2, 0) is 14.4 Å². The van der Waals surface area contributed by atoms with E-state index in [-0.39, 0.29) is 12.5 Å². The van der Waals surface area contributed by atoms with E-state index in [0.29, 0.717) is 24.5 Å². The number of carboxylic acid groups (broad SMARTS) is 1. The molecule has 0 fully saturated rings. The highest BCUT2D eigenvalue weighted by Crippen LogP contribution is 2.35. The molecule has 0 aliphatic carbocycles. The molecule has 0 aromatic heterocycles. The number of likely N-dealkylation sites (N-methyl/N-ethyl adjacent to an activating group) is 1. The van der Waals surface area contributed by atoms with Gasteiger partial charge in [-0.2, -0.15) is 0 Å². The Morgan fingerprint density at radius 1 is 1.29 bits per heavy atom. The first-order chi connectivity index (χ1) is 11.4. The molecule has 7 heteroatoms.